The van der Waals surface area contributed by atoms with E-state index in [4.69, 9.17) is 16.9 Å². The van der Waals surface area contributed by atoms with Crippen molar-refractivity contribution in [2.45, 2.75) is 20.3 Å². The van der Waals surface area contributed by atoms with Crippen LogP contribution in [0.15, 0.2) is 22.7 Å². The smallest absolute Gasteiger partial charge is 0.255 e. The molecule has 0 aliphatic heterocycles. The number of hydrogen-bond acceptors (Lipinski definition) is 2. The zero-order chi connectivity index (χ0) is 14.4. The third-order valence-corrected chi connectivity index (χ3v) is 3.33. The van der Waals surface area contributed by atoms with Crippen molar-refractivity contribution in [2.75, 3.05) is 13.1 Å². The van der Waals surface area contributed by atoms with Crippen molar-refractivity contribution in [1.82, 2.24) is 4.90 Å². The quantitative estimate of drug-likeness (QED) is 0.807. The number of nitrogens with zero attached hydrogens (tertiary/aromatic N) is 2. The Bertz CT molecular complexity index is 497. The summed E-state index contributed by atoms with van der Waals surface area (Å²) in [5.41, 5.74) is 0.475. The topological polar surface area (TPSA) is 44.1 Å². The fourth-order valence-electron chi connectivity index (χ4n) is 1.73. The Morgan fingerprint density at radius 1 is 1.53 bits per heavy atom. The van der Waals surface area contributed by atoms with Gasteiger partial charge in [0, 0.05) is 17.6 Å². The fraction of sp³-hybridized carbons (Fsp3) is 0.429. The maximum Gasteiger partial charge on any atom is 0.255 e. The van der Waals surface area contributed by atoms with Crippen molar-refractivity contribution in [2.24, 2.45) is 5.92 Å². The number of hydrogen-bond donors (Lipinski definition) is 0. The molecule has 19 heavy (non-hydrogen) atoms. The summed E-state index contributed by atoms with van der Waals surface area (Å²) in [5, 5.41) is 9.09. The molecule has 5 heteroatoms. The van der Waals surface area contributed by atoms with E-state index in [1.165, 1.54) is 0 Å². The summed E-state index contributed by atoms with van der Waals surface area (Å²) in [6.45, 7) is 5.12. The molecule has 0 atom stereocenters. The highest BCUT2D eigenvalue weighted by Crippen LogP contribution is 2.23. The zero-order valence-electron chi connectivity index (χ0n) is 11.0. The first-order valence-electron chi connectivity index (χ1n) is 6.07. The zero-order valence-corrected chi connectivity index (χ0v) is 13.3. The van der Waals surface area contributed by atoms with Crippen LogP contribution in [0.4, 0.5) is 0 Å². The van der Waals surface area contributed by atoms with Crippen LogP contribution in [-0.4, -0.2) is 23.9 Å². The second kappa shape index (κ2) is 7.52. The number of nitriles is 1. The van der Waals surface area contributed by atoms with Gasteiger partial charge in [0.05, 0.1) is 23.1 Å². The van der Waals surface area contributed by atoms with Crippen LogP contribution in [0.3, 0.4) is 0 Å². The molecule has 3 nitrogen and oxygen atoms in total. The van der Waals surface area contributed by atoms with Crippen LogP contribution in [0.1, 0.15) is 30.6 Å². The summed E-state index contributed by atoms with van der Waals surface area (Å²) < 4.78 is 0.835. The molecule has 1 aromatic rings. The number of carbonyl (C=O) groups is 1. The van der Waals surface area contributed by atoms with E-state index in [0.717, 1.165) is 4.47 Å². The van der Waals surface area contributed by atoms with Gasteiger partial charge in [-0.1, -0.05) is 41.4 Å². The SMILES string of the molecule is CC(C)CN(CCC#N)C(=O)c1ccc(Br)cc1Cl. The molecule has 0 unspecified atom stereocenters. The Morgan fingerprint density at radius 2 is 2.21 bits per heavy atom. The van der Waals surface area contributed by atoms with Crippen molar-refractivity contribution in [1.29, 1.82) is 5.26 Å². The summed E-state index contributed by atoms with van der Waals surface area (Å²) in [4.78, 5) is 14.1. The number of amides is 1. The fourth-order valence-corrected chi connectivity index (χ4v) is 2.49. The van der Waals surface area contributed by atoms with E-state index in [-0.39, 0.29) is 5.91 Å². The van der Waals surface area contributed by atoms with Gasteiger partial charge in [-0.25, -0.2) is 0 Å². The molecule has 0 bridgehead atoms. The Kier molecular flexibility index (Phi) is 6.33. The maximum absolute atomic E-state index is 12.4. The molecule has 0 aliphatic carbocycles. The number of benzene rings is 1. The second-order valence-electron chi connectivity index (χ2n) is 4.68. The van der Waals surface area contributed by atoms with Crippen molar-refractivity contribution < 1.29 is 4.79 Å². The monoisotopic (exact) mass is 342 g/mol. The highest BCUT2D eigenvalue weighted by Gasteiger charge is 2.19. The van der Waals surface area contributed by atoms with Crippen molar-refractivity contribution in [3.8, 4) is 6.07 Å². The Balaban J connectivity index is 2.94. The van der Waals surface area contributed by atoms with Crippen molar-refractivity contribution >= 4 is 33.4 Å². The van der Waals surface area contributed by atoms with E-state index in [1.807, 2.05) is 13.8 Å². The number of halogens is 2. The lowest BCUT2D eigenvalue weighted by Crippen LogP contribution is -2.35. The molecule has 0 N–H and O–H groups in total. The van der Waals surface area contributed by atoms with Gasteiger partial charge < -0.3 is 4.90 Å². The van der Waals surface area contributed by atoms with Crippen LogP contribution in [0.2, 0.25) is 5.02 Å². The van der Waals surface area contributed by atoms with Gasteiger partial charge in [-0.2, -0.15) is 5.26 Å². The standard InChI is InChI=1S/C14H16BrClN2O/c1-10(2)9-18(7-3-6-17)14(19)12-5-4-11(15)8-13(12)16/h4-5,8,10H,3,7,9H2,1-2H3. The number of carbonyl (C=O) groups excluding carboxylic acids is 1. The summed E-state index contributed by atoms with van der Waals surface area (Å²) in [7, 11) is 0. The molecule has 0 saturated carbocycles. The van der Waals surface area contributed by atoms with Gasteiger partial charge in [0.15, 0.2) is 0 Å². The van der Waals surface area contributed by atoms with Gasteiger partial charge in [0.2, 0.25) is 0 Å². The molecule has 1 rings (SSSR count). The van der Waals surface area contributed by atoms with Crippen LogP contribution in [0.25, 0.3) is 0 Å². The van der Waals surface area contributed by atoms with Crippen LogP contribution in [-0.2, 0) is 0 Å². The molecule has 1 amide bonds. The maximum atomic E-state index is 12.4. The predicted molar refractivity (Wildman–Crippen MR) is 80.1 cm³/mol. The second-order valence-corrected chi connectivity index (χ2v) is 6.00. The van der Waals surface area contributed by atoms with E-state index < -0.39 is 0 Å². The molecular weight excluding hydrogens is 328 g/mol. The minimum absolute atomic E-state index is 0.124. The molecular formula is C14H16BrClN2O. The van der Waals surface area contributed by atoms with Gasteiger partial charge >= 0.3 is 0 Å². The van der Waals surface area contributed by atoms with Gasteiger partial charge in [0.1, 0.15) is 0 Å². The van der Waals surface area contributed by atoms with E-state index >= 15 is 0 Å². The third-order valence-electron chi connectivity index (χ3n) is 2.53. The number of rotatable bonds is 5. The molecule has 0 aromatic heterocycles. The Hall–Kier alpha value is -1.05. The van der Waals surface area contributed by atoms with Gasteiger partial charge in [0.25, 0.3) is 5.91 Å². The van der Waals surface area contributed by atoms with E-state index in [9.17, 15) is 4.79 Å². The highest BCUT2D eigenvalue weighted by molar-refractivity contribution is 9.10. The molecule has 102 valence electrons. The normalized spacial score (nSPS) is 10.3. The van der Waals surface area contributed by atoms with Gasteiger partial charge in [-0.15, -0.1) is 0 Å². The summed E-state index contributed by atoms with van der Waals surface area (Å²) in [6, 6.07) is 7.26. The average molecular weight is 344 g/mol. The molecule has 0 fully saturated rings. The Labute approximate surface area is 127 Å². The first kappa shape index (κ1) is 16.0. The minimum atomic E-state index is -0.124. The third kappa shape index (κ3) is 4.85. The van der Waals surface area contributed by atoms with Crippen LogP contribution in [0, 0.1) is 17.2 Å². The highest BCUT2D eigenvalue weighted by atomic mass is 79.9. The van der Waals surface area contributed by atoms with Crippen LogP contribution < -0.4 is 0 Å². The van der Waals surface area contributed by atoms with E-state index in [2.05, 4.69) is 22.0 Å². The van der Waals surface area contributed by atoms with E-state index in [0.29, 0.717) is 36.0 Å². The van der Waals surface area contributed by atoms with Gasteiger partial charge in [-0.3, -0.25) is 4.79 Å². The van der Waals surface area contributed by atoms with Crippen LogP contribution >= 0.6 is 27.5 Å². The minimum Gasteiger partial charge on any atom is -0.337 e. The molecule has 0 spiro atoms. The van der Waals surface area contributed by atoms with Crippen molar-refractivity contribution in [3.05, 3.63) is 33.3 Å². The lowest BCUT2D eigenvalue weighted by molar-refractivity contribution is 0.0740. The van der Waals surface area contributed by atoms with E-state index in [1.54, 1.807) is 23.1 Å². The molecule has 0 radical (unpaired) electrons. The first-order valence-corrected chi connectivity index (χ1v) is 7.24. The van der Waals surface area contributed by atoms with Crippen molar-refractivity contribution in [3.63, 3.8) is 0 Å². The predicted octanol–water partition coefficient (Wildman–Crippen LogP) is 4.11. The molecule has 1 aromatic carbocycles. The molecule has 0 heterocycles. The Morgan fingerprint density at radius 3 is 2.74 bits per heavy atom. The summed E-state index contributed by atoms with van der Waals surface area (Å²) >= 11 is 9.41. The lowest BCUT2D eigenvalue weighted by atomic mass is 10.1. The summed E-state index contributed by atoms with van der Waals surface area (Å²) in [5.74, 6) is 0.221. The lowest BCUT2D eigenvalue weighted by Gasteiger charge is -2.24. The first-order chi connectivity index (χ1) is 8.95. The average Bonchev–Trinajstić information content (AvgIpc) is 2.33. The summed E-state index contributed by atoms with van der Waals surface area (Å²) in [6.07, 6.45) is 0.326. The molecule has 0 aliphatic rings. The molecule has 0 saturated heterocycles. The largest absolute Gasteiger partial charge is 0.337 e. The van der Waals surface area contributed by atoms with Gasteiger partial charge in [-0.05, 0) is 24.1 Å². The van der Waals surface area contributed by atoms with Crippen LogP contribution in [0.5, 0.6) is 0 Å².